The second kappa shape index (κ2) is 10.8. The molecule has 0 fully saturated rings. The average Bonchev–Trinajstić information content (AvgIpc) is 2.76. The van der Waals surface area contributed by atoms with Crippen molar-refractivity contribution in [2.75, 3.05) is 0 Å². The van der Waals surface area contributed by atoms with Gasteiger partial charge >= 0.3 is 0 Å². The average molecular weight is 476 g/mol. The molecule has 0 aliphatic heterocycles. The molecule has 0 aromatic carbocycles. The van der Waals surface area contributed by atoms with Crippen LogP contribution in [0.5, 0.6) is 0 Å². The molecule has 2 heterocycles. The maximum Gasteiger partial charge on any atom is 0.129 e. The van der Waals surface area contributed by atoms with Crippen molar-refractivity contribution in [2.45, 2.75) is 89.2 Å². The highest BCUT2D eigenvalue weighted by atomic mass is 35.5. The van der Waals surface area contributed by atoms with E-state index in [2.05, 4.69) is 33.8 Å². The molecule has 2 aliphatic carbocycles. The molecule has 8 heteroatoms. The van der Waals surface area contributed by atoms with E-state index in [1.54, 1.807) is 12.1 Å². The normalized spacial score (nSPS) is 23.8. The summed E-state index contributed by atoms with van der Waals surface area (Å²) in [4.78, 5) is 11.7. The topological polar surface area (TPSA) is 94.8 Å². The number of nitrogens with zero attached hydrogens (tertiary/aromatic N) is 5. The van der Waals surface area contributed by atoms with Crippen molar-refractivity contribution in [1.82, 2.24) is 9.97 Å². The van der Waals surface area contributed by atoms with Crippen molar-refractivity contribution >= 4 is 23.2 Å². The van der Waals surface area contributed by atoms with Crippen LogP contribution in [0.1, 0.15) is 87.7 Å². The summed E-state index contributed by atoms with van der Waals surface area (Å²) in [7, 11) is 0. The Labute approximate surface area is 200 Å². The Morgan fingerprint density at radius 1 is 0.938 bits per heavy atom. The Balaban J connectivity index is 0.000000182. The number of aryl methyl sites for hydroxylation is 2. The van der Waals surface area contributed by atoms with E-state index < -0.39 is 11.1 Å². The van der Waals surface area contributed by atoms with Crippen molar-refractivity contribution in [3.05, 3.63) is 67.5 Å². The molecule has 0 saturated carbocycles. The van der Waals surface area contributed by atoms with E-state index in [9.17, 15) is 5.11 Å². The largest absolute Gasteiger partial charge is 0.384 e. The number of aromatic nitrogens is 2. The van der Waals surface area contributed by atoms with Crippen LogP contribution in [0.25, 0.3) is 10.4 Å². The molecule has 172 valence electrons. The third kappa shape index (κ3) is 5.37. The van der Waals surface area contributed by atoms with Crippen LogP contribution in [-0.2, 0) is 24.0 Å². The Morgan fingerprint density at radius 2 is 1.50 bits per heavy atom. The molecule has 2 aromatic heterocycles. The first kappa shape index (κ1) is 24.8. The van der Waals surface area contributed by atoms with Gasteiger partial charge in [0.2, 0.25) is 0 Å². The number of aliphatic hydroxyl groups is 1. The second-order valence-corrected chi connectivity index (χ2v) is 9.52. The highest BCUT2D eigenvalue weighted by Gasteiger charge is 2.37. The van der Waals surface area contributed by atoms with E-state index in [-0.39, 0.29) is 0 Å². The lowest BCUT2D eigenvalue weighted by molar-refractivity contribution is 0.00491. The number of rotatable bonds is 5. The van der Waals surface area contributed by atoms with Crippen molar-refractivity contribution in [3.63, 3.8) is 0 Å². The molecule has 2 aliphatic rings. The Hall–Kier alpha value is -1.85. The zero-order chi connectivity index (χ0) is 23.2. The first-order chi connectivity index (χ1) is 15.4. The van der Waals surface area contributed by atoms with Crippen LogP contribution in [0, 0.1) is 0 Å². The standard InChI is InChI=1S/C12H15ClN4.C12H16ClNO/c1-2-7-12(16-17-14)8-3-4-9-5-6-10(13)15-11(9)12;1-2-7-12(15)8-3-4-9-5-6-10(13)14-11(9)12/h5-6H,2-4,7-8H2,1H3;5-6,15H,2-4,7-8H2,1H3. The summed E-state index contributed by atoms with van der Waals surface area (Å²) in [5.74, 6) is 0. The van der Waals surface area contributed by atoms with Crippen molar-refractivity contribution in [3.8, 4) is 0 Å². The van der Waals surface area contributed by atoms with Gasteiger partial charge in [-0.25, -0.2) is 9.97 Å². The molecule has 2 atom stereocenters. The molecule has 2 aromatic rings. The van der Waals surface area contributed by atoms with Gasteiger partial charge in [-0.1, -0.05) is 67.1 Å². The summed E-state index contributed by atoms with van der Waals surface area (Å²) in [6.45, 7) is 4.17. The van der Waals surface area contributed by atoms with E-state index >= 15 is 0 Å². The van der Waals surface area contributed by atoms with E-state index in [0.29, 0.717) is 10.3 Å². The molecule has 0 spiro atoms. The lowest BCUT2D eigenvalue weighted by Gasteiger charge is -2.33. The minimum atomic E-state index is -0.743. The molecular formula is C24H31Cl2N5O. The number of halogens is 2. The van der Waals surface area contributed by atoms with Crippen LogP contribution in [0.15, 0.2) is 29.4 Å². The monoisotopic (exact) mass is 475 g/mol. The molecule has 4 rings (SSSR count). The van der Waals surface area contributed by atoms with Gasteiger partial charge in [-0.2, -0.15) is 0 Å². The summed E-state index contributed by atoms with van der Waals surface area (Å²) in [5.41, 5.74) is 11.6. The number of azide groups is 1. The molecule has 0 saturated heterocycles. The molecule has 6 nitrogen and oxygen atoms in total. The van der Waals surface area contributed by atoms with Gasteiger partial charge in [0.15, 0.2) is 0 Å². The van der Waals surface area contributed by atoms with Gasteiger partial charge in [-0.05, 0) is 80.2 Å². The molecule has 2 unspecified atom stereocenters. The van der Waals surface area contributed by atoms with Gasteiger partial charge in [0.25, 0.3) is 0 Å². The van der Waals surface area contributed by atoms with Crippen molar-refractivity contribution < 1.29 is 5.11 Å². The first-order valence-corrected chi connectivity index (χ1v) is 12.2. The Bertz CT molecular complexity index is 994. The van der Waals surface area contributed by atoms with Crippen LogP contribution < -0.4 is 0 Å². The van der Waals surface area contributed by atoms with Crippen LogP contribution >= 0.6 is 23.2 Å². The molecule has 32 heavy (non-hydrogen) atoms. The summed E-state index contributed by atoms with van der Waals surface area (Å²) in [6, 6.07) is 7.60. The van der Waals surface area contributed by atoms with E-state index in [1.165, 1.54) is 5.56 Å². The Morgan fingerprint density at radius 3 is 2.09 bits per heavy atom. The maximum absolute atomic E-state index is 10.5. The van der Waals surface area contributed by atoms with Gasteiger partial charge in [0.05, 0.1) is 16.9 Å². The lowest BCUT2D eigenvalue weighted by atomic mass is 9.78. The molecule has 1 N–H and O–H groups in total. The fourth-order valence-corrected chi connectivity index (χ4v) is 5.36. The van der Waals surface area contributed by atoms with Gasteiger partial charge in [0, 0.05) is 4.91 Å². The Kier molecular flexibility index (Phi) is 8.40. The number of fused-ring (bicyclic) bond motifs is 2. The number of hydrogen-bond acceptors (Lipinski definition) is 4. The lowest BCUT2D eigenvalue weighted by Crippen LogP contribution is -2.31. The minimum Gasteiger partial charge on any atom is -0.384 e. The van der Waals surface area contributed by atoms with E-state index in [0.717, 1.165) is 81.2 Å². The summed E-state index contributed by atoms with van der Waals surface area (Å²) in [6.07, 6.45) is 9.27. The molecule has 0 radical (unpaired) electrons. The van der Waals surface area contributed by atoms with Crippen LogP contribution in [-0.4, -0.2) is 15.1 Å². The summed E-state index contributed by atoms with van der Waals surface area (Å²) in [5, 5.41) is 15.5. The summed E-state index contributed by atoms with van der Waals surface area (Å²) >= 11 is 11.8. The van der Waals surface area contributed by atoms with Gasteiger partial charge < -0.3 is 5.11 Å². The third-order valence-electron chi connectivity index (χ3n) is 6.41. The molecule has 0 amide bonds. The second-order valence-electron chi connectivity index (χ2n) is 8.74. The predicted molar refractivity (Wildman–Crippen MR) is 129 cm³/mol. The fourth-order valence-electron chi connectivity index (χ4n) is 5.06. The van der Waals surface area contributed by atoms with Crippen LogP contribution in [0.3, 0.4) is 0 Å². The zero-order valence-electron chi connectivity index (χ0n) is 18.8. The van der Waals surface area contributed by atoms with Crippen molar-refractivity contribution in [1.29, 1.82) is 0 Å². The molecular weight excluding hydrogens is 445 g/mol. The summed E-state index contributed by atoms with van der Waals surface area (Å²) < 4.78 is 0. The van der Waals surface area contributed by atoms with Gasteiger partial charge in [0.1, 0.15) is 15.9 Å². The number of hydrogen-bond donors (Lipinski definition) is 1. The highest BCUT2D eigenvalue weighted by molar-refractivity contribution is 6.29. The smallest absolute Gasteiger partial charge is 0.129 e. The fraction of sp³-hybridized carbons (Fsp3) is 0.583. The first-order valence-electron chi connectivity index (χ1n) is 11.5. The van der Waals surface area contributed by atoms with Crippen LogP contribution in [0.2, 0.25) is 10.3 Å². The van der Waals surface area contributed by atoms with Gasteiger partial charge in [-0.3, -0.25) is 0 Å². The number of pyridine rings is 2. The van der Waals surface area contributed by atoms with E-state index in [4.69, 9.17) is 28.7 Å². The van der Waals surface area contributed by atoms with E-state index in [1.807, 2.05) is 12.1 Å². The SMILES string of the molecule is CCCC1(N=[N+]=[N-])CCCc2ccc(Cl)nc21.CCCC1(O)CCCc2ccc(Cl)nc21. The maximum atomic E-state index is 10.5. The molecule has 0 bridgehead atoms. The minimum absolute atomic E-state index is 0.472. The highest BCUT2D eigenvalue weighted by Crippen LogP contribution is 2.41. The van der Waals surface area contributed by atoms with Gasteiger partial charge in [-0.15, -0.1) is 0 Å². The predicted octanol–water partition coefficient (Wildman–Crippen LogP) is 7.44. The third-order valence-corrected chi connectivity index (χ3v) is 6.83. The quantitative estimate of drug-likeness (QED) is 0.210. The van der Waals surface area contributed by atoms with Crippen LogP contribution in [0.4, 0.5) is 0 Å². The van der Waals surface area contributed by atoms with Crippen molar-refractivity contribution in [2.24, 2.45) is 5.11 Å². The zero-order valence-corrected chi connectivity index (χ0v) is 20.3.